The van der Waals surface area contributed by atoms with Crippen molar-refractivity contribution in [3.8, 4) is 11.8 Å². The molecule has 0 amide bonds. The molecule has 1 fully saturated rings. The third-order valence-electron chi connectivity index (χ3n) is 2.52. The first-order chi connectivity index (χ1) is 8.05. The standard InChI is InChI=1S/C14H15IO2/c1-13(2)16-11-14(10-15,17-13)9-8-12-6-4-3-5-7-12/h3-7H,10-11H2,1-2H3/t14-/m1/s1. The molecule has 0 spiro atoms. The van der Waals surface area contributed by atoms with E-state index in [2.05, 4.69) is 34.4 Å². The molecule has 0 unspecified atom stereocenters. The summed E-state index contributed by atoms with van der Waals surface area (Å²) in [5, 5.41) is 0. The lowest BCUT2D eigenvalue weighted by atomic mass is 10.1. The van der Waals surface area contributed by atoms with Gasteiger partial charge in [-0.2, -0.15) is 0 Å². The van der Waals surface area contributed by atoms with Crippen molar-refractivity contribution in [3.05, 3.63) is 35.9 Å². The third kappa shape index (κ3) is 3.21. The van der Waals surface area contributed by atoms with Gasteiger partial charge in [0.15, 0.2) is 11.4 Å². The van der Waals surface area contributed by atoms with E-state index in [1.807, 2.05) is 44.2 Å². The van der Waals surface area contributed by atoms with Crippen molar-refractivity contribution in [2.75, 3.05) is 11.0 Å². The Morgan fingerprint density at radius 1 is 1.29 bits per heavy atom. The van der Waals surface area contributed by atoms with E-state index in [0.29, 0.717) is 6.61 Å². The molecular weight excluding hydrogens is 327 g/mol. The Hall–Kier alpha value is -0.570. The normalized spacial score (nSPS) is 26.3. The second-order valence-electron chi connectivity index (χ2n) is 4.53. The molecule has 1 atom stereocenters. The maximum absolute atomic E-state index is 5.90. The van der Waals surface area contributed by atoms with Crippen molar-refractivity contribution >= 4 is 22.6 Å². The minimum absolute atomic E-state index is 0.472. The van der Waals surface area contributed by atoms with Gasteiger partial charge in [-0.3, -0.25) is 0 Å². The van der Waals surface area contributed by atoms with E-state index in [4.69, 9.17) is 9.47 Å². The maximum atomic E-state index is 5.90. The van der Waals surface area contributed by atoms with E-state index >= 15 is 0 Å². The van der Waals surface area contributed by atoms with Crippen molar-refractivity contribution in [2.24, 2.45) is 0 Å². The quantitative estimate of drug-likeness (QED) is 0.444. The Kier molecular flexibility index (Phi) is 3.76. The van der Waals surface area contributed by atoms with Crippen LogP contribution in [0.5, 0.6) is 0 Å². The molecule has 1 saturated heterocycles. The van der Waals surface area contributed by atoms with Gasteiger partial charge in [0.05, 0.1) is 6.61 Å². The van der Waals surface area contributed by atoms with Gasteiger partial charge in [-0.25, -0.2) is 0 Å². The summed E-state index contributed by atoms with van der Waals surface area (Å²) in [6.45, 7) is 4.37. The molecular formula is C14H15IO2. The molecule has 1 aliphatic heterocycles. The molecule has 1 aromatic carbocycles. The second-order valence-corrected chi connectivity index (χ2v) is 5.30. The molecule has 2 rings (SSSR count). The van der Waals surface area contributed by atoms with Crippen molar-refractivity contribution in [2.45, 2.75) is 25.2 Å². The fourth-order valence-corrected chi connectivity index (χ4v) is 2.25. The van der Waals surface area contributed by atoms with Crippen molar-refractivity contribution in [1.29, 1.82) is 0 Å². The molecule has 90 valence electrons. The summed E-state index contributed by atoms with van der Waals surface area (Å²) in [5.74, 6) is 5.84. The summed E-state index contributed by atoms with van der Waals surface area (Å²) in [4.78, 5) is 0. The highest BCUT2D eigenvalue weighted by atomic mass is 127. The van der Waals surface area contributed by atoms with E-state index in [1.54, 1.807) is 0 Å². The predicted molar refractivity (Wildman–Crippen MR) is 76.1 cm³/mol. The van der Waals surface area contributed by atoms with Gasteiger partial charge >= 0.3 is 0 Å². The molecule has 1 aliphatic rings. The summed E-state index contributed by atoms with van der Waals surface area (Å²) in [7, 11) is 0. The predicted octanol–water partition coefficient (Wildman–Crippen LogP) is 2.99. The summed E-state index contributed by atoms with van der Waals surface area (Å²) >= 11 is 2.29. The minimum atomic E-state index is -0.531. The summed E-state index contributed by atoms with van der Waals surface area (Å²) in [5.41, 5.74) is 0.532. The van der Waals surface area contributed by atoms with E-state index in [0.717, 1.165) is 9.99 Å². The summed E-state index contributed by atoms with van der Waals surface area (Å²) < 4.78 is 12.3. The van der Waals surface area contributed by atoms with Gasteiger partial charge in [-0.1, -0.05) is 52.6 Å². The van der Waals surface area contributed by atoms with E-state index in [1.165, 1.54) is 0 Å². The zero-order chi connectivity index (χ0) is 12.4. The Morgan fingerprint density at radius 3 is 2.53 bits per heavy atom. The second kappa shape index (κ2) is 4.97. The van der Waals surface area contributed by atoms with Crippen molar-refractivity contribution in [1.82, 2.24) is 0 Å². The summed E-state index contributed by atoms with van der Waals surface area (Å²) in [6.07, 6.45) is 0. The smallest absolute Gasteiger partial charge is 0.165 e. The van der Waals surface area contributed by atoms with E-state index < -0.39 is 11.4 Å². The molecule has 0 aromatic heterocycles. The molecule has 2 nitrogen and oxygen atoms in total. The Labute approximate surface area is 116 Å². The Bertz CT molecular complexity index is 444. The zero-order valence-electron chi connectivity index (χ0n) is 10.00. The number of benzene rings is 1. The highest BCUT2D eigenvalue weighted by molar-refractivity contribution is 14.1. The number of alkyl halides is 1. The molecule has 1 heterocycles. The largest absolute Gasteiger partial charge is 0.346 e. The molecule has 17 heavy (non-hydrogen) atoms. The zero-order valence-corrected chi connectivity index (χ0v) is 12.2. The van der Waals surface area contributed by atoms with Gasteiger partial charge in [0.1, 0.15) is 0 Å². The third-order valence-corrected chi connectivity index (χ3v) is 3.75. The minimum Gasteiger partial charge on any atom is -0.346 e. The van der Waals surface area contributed by atoms with Gasteiger partial charge in [-0.05, 0) is 26.0 Å². The Morgan fingerprint density at radius 2 is 2.00 bits per heavy atom. The first-order valence-corrected chi connectivity index (χ1v) is 7.06. The number of hydrogen-bond acceptors (Lipinski definition) is 2. The van der Waals surface area contributed by atoms with Crippen LogP contribution in [-0.2, 0) is 9.47 Å². The van der Waals surface area contributed by atoms with Crippen LogP contribution in [0.25, 0.3) is 0 Å². The van der Waals surface area contributed by atoms with Crippen LogP contribution >= 0.6 is 22.6 Å². The Balaban J connectivity index is 2.20. The van der Waals surface area contributed by atoms with Crippen LogP contribution in [0.15, 0.2) is 30.3 Å². The lowest BCUT2D eigenvalue weighted by molar-refractivity contribution is -0.145. The van der Waals surface area contributed by atoms with Crippen LogP contribution in [0.4, 0.5) is 0 Å². The van der Waals surface area contributed by atoms with E-state index in [9.17, 15) is 0 Å². The van der Waals surface area contributed by atoms with Crippen LogP contribution in [0.3, 0.4) is 0 Å². The maximum Gasteiger partial charge on any atom is 0.165 e. The number of rotatable bonds is 1. The lowest BCUT2D eigenvalue weighted by Gasteiger charge is -2.21. The van der Waals surface area contributed by atoms with Gasteiger partial charge in [0.2, 0.25) is 0 Å². The van der Waals surface area contributed by atoms with Crippen LogP contribution in [0, 0.1) is 11.8 Å². The van der Waals surface area contributed by atoms with Crippen LogP contribution < -0.4 is 0 Å². The lowest BCUT2D eigenvalue weighted by Crippen LogP contribution is -2.34. The molecule has 3 heteroatoms. The number of halogens is 1. The molecule has 0 N–H and O–H groups in total. The molecule has 1 aromatic rings. The molecule has 0 saturated carbocycles. The van der Waals surface area contributed by atoms with Gasteiger partial charge in [0.25, 0.3) is 0 Å². The van der Waals surface area contributed by atoms with Gasteiger partial charge < -0.3 is 9.47 Å². The number of ether oxygens (including phenoxy) is 2. The SMILES string of the molecule is CC1(C)OC[C@@](C#Cc2ccccc2)(CI)O1. The van der Waals surface area contributed by atoms with Crippen molar-refractivity contribution in [3.63, 3.8) is 0 Å². The van der Waals surface area contributed by atoms with Crippen molar-refractivity contribution < 1.29 is 9.47 Å². The molecule has 0 bridgehead atoms. The molecule has 0 radical (unpaired) electrons. The fourth-order valence-electron chi connectivity index (χ4n) is 1.69. The monoisotopic (exact) mass is 342 g/mol. The first-order valence-electron chi connectivity index (χ1n) is 5.54. The van der Waals surface area contributed by atoms with Gasteiger partial charge in [0, 0.05) is 9.99 Å². The number of hydrogen-bond donors (Lipinski definition) is 0. The van der Waals surface area contributed by atoms with Gasteiger partial charge in [-0.15, -0.1) is 0 Å². The molecule has 0 aliphatic carbocycles. The van der Waals surface area contributed by atoms with Crippen LogP contribution in [0.2, 0.25) is 0 Å². The average molecular weight is 342 g/mol. The average Bonchev–Trinajstić information content (AvgIpc) is 2.65. The fraction of sp³-hybridized carbons (Fsp3) is 0.429. The highest BCUT2D eigenvalue weighted by Gasteiger charge is 2.43. The summed E-state index contributed by atoms with van der Waals surface area (Å²) in [6, 6.07) is 9.94. The van der Waals surface area contributed by atoms with E-state index in [-0.39, 0.29) is 0 Å². The van der Waals surface area contributed by atoms with Crippen LogP contribution in [-0.4, -0.2) is 22.4 Å². The van der Waals surface area contributed by atoms with Crippen LogP contribution in [0.1, 0.15) is 19.4 Å². The highest BCUT2D eigenvalue weighted by Crippen LogP contribution is 2.32. The topological polar surface area (TPSA) is 18.5 Å². The first kappa shape index (κ1) is 12.9.